The van der Waals surface area contributed by atoms with Crippen molar-refractivity contribution in [3.63, 3.8) is 0 Å². The molecule has 1 aliphatic rings. The van der Waals surface area contributed by atoms with Crippen molar-refractivity contribution in [1.29, 1.82) is 5.26 Å². The summed E-state index contributed by atoms with van der Waals surface area (Å²) in [4.78, 5) is 26.0. The molecule has 27 heavy (non-hydrogen) atoms. The molecule has 1 fully saturated rings. The van der Waals surface area contributed by atoms with E-state index in [-0.39, 0.29) is 34.2 Å². The first-order valence-electron chi connectivity index (χ1n) is 9.07. The van der Waals surface area contributed by atoms with Crippen molar-refractivity contribution in [2.45, 2.75) is 45.1 Å². The molecule has 6 heteroatoms. The third kappa shape index (κ3) is 3.21. The number of ether oxygens (including phenoxy) is 1. The molecule has 6 nitrogen and oxygen atoms in total. The Labute approximate surface area is 157 Å². The lowest BCUT2D eigenvalue weighted by molar-refractivity contribution is 0.103. The summed E-state index contributed by atoms with van der Waals surface area (Å²) in [5, 5.41) is 20.4. The highest BCUT2D eigenvalue weighted by molar-refractivity contribution is 6.13. The van der Waals surface area contributed by atoms with Crippen molar-refractivity contribution in [3.8, 4) is 17.7 Å². The van der Waals surface area contributed by atoms with Gasteiger partial charge in [-0.3, -0.25) is 14.2 Å². The van der Waals surface area contributed by atoms with Gasteiger partial charge >= 0.3 is 0 Å². The number of methoxy groups -OCH3 is 1. The van der Waals surface area contributed by atoms with Crippen LogP contribution in [0.1, 0.15) is 65.2 Å². The number of aromatic hydroxyl groups is 1. The van der Waals surface area contributed by atoms with Crippen LogP contribution < -0.4 is 10.3 Å². The standard InChI is InChI=1S/C21H22N2O4/c1-13-16(12-22)20(25)23(14-8-4-3-5-9-14)21(26)18(13)19(24)15-10-6-7-11-17(15)27-2/h6-7,10-11,14,26H,3-5,8-9H2,1-2H3. The van der Waals surface area contributed by atoms with Crippen LogP contribution in [-0.4, -0.2) is 22.6 Å². The minimum Gasteiger partial charge on any atom is -0.496 e. The third-order valence-electron chi connectivity index (χ3n) is 5.26. The number of para-hydroxylation sites is 1. The monoisotopic (exact) mass is 366 g/mol. The summed E-state index contributed by atoms with van der Waals surface area (Å²) in [5.74, 6) is -0.460. The van der Waals surface area contributed by atoms with Crippen molar-refractivity contribution in [1.82, 2.24) is 4.57 Å². The van der Waals surface area contributed by atoms with E-state index in [9.17, 15) is 20.0 Å². The van der Waals surface area contributed by atoms with E-state index in [0.29, 0.717) is 5.75 Å². The van der Waals surface area contributed by atoms with Gasteiger partial charge in [-0.05, 0) is 37.5 Å². The Balaban J connectivity index is 2.25. The van der Waals surface area contributed by atoms with Crippen LogP contribution in [0.25, 0.3) is 0 Å². The van der Waals surface area contributed by atoms with Crippen LogP contribution >= 0.6 is 0 Å². The molecule has 0 amide bonds. The lowest BCUT2D eigenvalue weighted by Gasteiger charge is -2.26. The van der Waals surface area contributed by atoms with Gasteiger partial charge in [-0.25, -0.2) is 0 Å². The maximum Gasteiger partial charge on any atom is 0.271 e. The van der Waals surface area contributed by atoms with Gasteiger partial charge in [-0.1, -0.05) is 31.4 Å². The highest BCUT2D eigenvalue weighted by atomic mass is 16.5. The SMILES string of the molecule is COc1ccccc1C(=O)c1c(C)c(C#N)c(=O)n(C2CCCCC2)c1O. The van der Waals surface area contributed by atoms with Crippen molar-refractivity contribution < 1.29 is 14.6 Å². The molecule has 0 saturated heterocycles. The van der Waals surface area contributed by atoms with Crippen LogP contribution in [0, 0.1) is 18.3 Å². The molecule has 1 saturated carbocycles. The maximum atomic E-state index is 13.2. The normalized spacial score (nSPS) is 14.6. The molecule has 0 bridgehead atoms. The second kappa shape index (κ2) is 7.67. The van der Waals surface area contributed by atoms with Crippen LogP contribution in [-0.2, 0) is 0 Å². The maximum absolute atomic E-state index is 13.2. The summed E-state index contributed by atoms with van der Waals surface area (Å²) in [5.41, 5.74) is -0.173. The fourth-order valence-corrected chi connectivity index (χ4v) is 3.84. The molecule has 0 atom stereocenters. The molecule has 140 valence electrons. The zero-order chi connectivity index (χ0) is 19.6. The Morgan fingerprint density at radius 1 is 1.26 bits per heavy atom. The van der Waals surface area contributed by atoms with Gasteiger partial charge in [0.1, 0.15) is 17.4 Å². The van der Waals surface area contributed by atoms with Gasteiger partial charge in [0.15, 0.2) is 0 Å². The van der Waals surface area contributed by atoms with Crippen LogP contribution in [0.4, 0.5) is 0 Å². The second-order valence-electron chi connectivity index (χ2n) is 6.81. The fourth-order valence-electron chi connectivity index (χ4n) is 3.84. The van der Waals surface area contributed by atoms with Crippen LogP contribution in [0.5, 0.6) is 11.6 Å². The van der Waals surface area contributed by atoms with E-state index in [2.05, 4.69) is 0 Å². The van der Waals surface area contributed by atoms with Crippen molar-refractivity contribution >= 4 is 5.78 Å². The average Bonchev–Trinajstić information content (AvgIpc) is 2.69. The minimum atomic E-state index is -0.532. The van der Waals surface area contributed by atoms with Gasteiger partial charge in [0.05, 0.1) is 18.2 Å². The smallest absolute Gasteiger partial charge is 0.271 e. The van der Waals surface area contributed by atoms with Gasteiger partial charge in [0.2, 0.25) is 11.7 Å². The Bertz CT molecular complexity index is 979. The van der Waals surface area contributed by atoms with E-state index < -0.39 is 11.3 Å². The number of aromatic nitrogens is 1. The number of carbonyl (C=O) groups is 1. The predicted molar refractivity (Wildman–Crippen MR) is 100 cm³/mol. The zero-order valence-corrected chi connectivity index (χ0v) is 15.5. The number of hydrogen-bond donors (Lipinski definition) is 1. The summed E-state index contributed by atoms with van der Waals surface area (Å²) in [6.07, 6.45) is 4.45. The Hall–Kier alpha value is -3.07. The molecule has 1 N–H and O–H groups in total. The number of nitriles is 1. The van der Waals surface area contributed by atoms with Crippen molar-refractivity contribution in [2.24, 2.45) is 0 Å². The second-order valence-corrected chi connectivity index (χ2v) is 6.81. The number of nitrogens with zero attached hydrogens (tertiary/aromatic N) is 2. The molecule has 0 radical (unpaired) electrons. The van der Waals surface area contributed by atoms with E-state index in [1.807, 2.05) is 6.07 Å². The summed E-state index contributed by atoms with van der Waals surface area (Å²) >= 11 is 0. The first kappa shape index (κ1) is 18.7. The lowest BCUT2D eigenvalue weighted by atomic mass is 9.92. The molecule has 0 aliphatic heterocycles. The Morgan fingerprint density at radius 3 is 2.56 bits per heavy atom. The third-order valence-corrected chi connectivity index (χ3v) is 5.26. The highest BCUT2D eigenvalue weighted by Crippen LogP contribution is 2.34. The molecule has 1 aromatic carbocycles. The number of ketones is 1. The van der Waals surface area contributed by atoms with Crippen LogP contribution in [0.3, 0.4) is 0 Å². The van der Waals surface area contributed by atoms with E-state index in [1.54, 1.807) is 24.3 Å². The average molecular weight is 366 g/mol. The summed E-state index contributed by atoms with van der Waals surface area (Å²) in [6.45, 7) is 1.52. The van der Waals surface area contributed by atoms with Gasteiger partial charge in [-0.15, -0.1) is 0 Å². The van der Waals surface area contributed by atoms with Crippen LogP contribution in [0.15, 0.2) is 29.1 Å². The largest absolute Gasteiger partial charge is 0.496 e. The lowest BCUT2D eigenvalue weighted by Crippen LogP contribution is -2.31. The van der Waals surface area contributed by atoms with E-state index in [4.69, 9.17) is 4.74 Å². The van der Waals surface area contributed by atoms with Crippen LogP contribution in [0.2, 0.25) is 0 Å². The number of benzene rings is 1. The van der Waals surface area contributed by atoms with Crippen molar-refractivity contribution in [2.75, 3.05) is 7.11 Å². The van der Waals surface area contributed by atoms with Gasteiger partial charge < -0.3 is 9.84 Å². The van der Waals surface area contributed by atoms with Gasteiger partial charge in [0, 0.05) is 6.04 Å². The fraction of sp³-hybridized carbons (Fsp3) is 0.381. The molecule has 0 unspecified atom stereocenters. The molecule has 1 heterocycles. The number of carbonyl (C=O) groups excluding carboxylic acids is 1. The summed E-state index contributed by atoms with van der Waals surface area (Å²) < 4.78 is 6.50. The summed E-state index contributed by atoms with van der Waals surface area (Å²) in [6, 6.07) is 8.41. The molecule has 3 rings (SSSR count). The van der Waals surface area contributed by atoms with E-state index >= 15 is 0 Å². The van der Waals surface area contributed by atoms with Crippen molar-refractivity contribution in [3.05, 3.63) is 56.9 Å². The zero-order valence-electron chi connectivity index (χ0n) is 15.5. The van der Waals surface area contributed by atoms with Gasteiger partial charge in [0.25, 0.3) is 5.56 Å². The molecule has 1 aromatic heterocycles. The Morgan fingerprint density at radius 2 is 1.93 bits per heavy atom. The highest BCUT2D eigenvalue weighted by Gasteiger charge is 2.29. The molecular formula is C21H22N2O4. The molecule has 1 aliphatic carbocycles. The number of hydrogen-bond acceptors (Lipinski definition) is 5. The topological polar surface area (TPSA) is 92.3 Å². The first-order chi connectivity index (χ1) is 13.0. The minimum absolute atomic E-state index is 0.0128. The molecule has 0 spiro atoms. The molecular weight excluding hydrogens is 344 g/mol. The number of pyridine rings is 1. The predicted octanol–water partition coefficient (Wildman–Crippen LogP) is 3.48. The van der Waals surface area contributed by atoms with Gasteiger partial charge in [-0.2, -0.15) is 5.26 Å². The first-order valence-corrected chi connectivity index (χ1v) is 9.07. The van der Waals surface area contributed by atoms with E-state index in [0.717, 1.165) is 32.1 Å². The quantitative estimate of drug-likeness (QED) is 0.836. The van der Waals surface area contributed by atoms with E-state index in [1.165, 1.54) is 18.6 Å². The number of rotatable bonds is 4. The molecule has 2 aromatic rings. The Kier molecular flexibility index (Phi) is 5.31. The summed E-state index contributed by atoms with van der Waals surface area (Å²) in [7, 11) is 1.46.